The number of halogens is 2. The van der Waals surface area contributed by atoms with E-state index < -0.39 is 0 Å². The molecule has 0 fully saturated rings. The first-order valence-electron chi connectivity index (χ1n) is 6.95. The van der Waals surface area contributed by atoms with E-state index in [1.807, 2.05) is 0 Å². The number of rotatable bonds is 3. The number of guanidine groups is 1. The lowest BCUT2D eigenvalue weighted by molar-refractivity contribution is 0.663. The third-order valence-electron chi connectivity index (χ3n) is 3.42. The summed E-state index contributed by atoms with van der Waals surface area (Å²) in [5, 5.41) is 6.60. The Labute approximate surface area is 149 Å². The minimum atomic E-state index is 0. The first kappa shape index (κ1) is 16.5. The normalized spacial score (nSPS) is 14.3. The first-order valence-corrected chi connectivity index (χ1v) is 7.74. The van der Waals surface area contributed by atoms with Crippen LogP contribution in [-0.4, -0.2) is 28.6 Å². The van der Waals surface area contributed by atoms with Crippen molar-refractivity contribution in [3.63, 3.8) is 0 Å². The Morgan fingerprint density at radius 3 is 3.00 bits per heavy atom. The third kappa shape index (κ3) is 3.68. The highest BCUT2D eigenvalue weighted by atomic mass is 127. The van der Waals surface area contributed by atoms with E-state index in [9.17, 15) is 0 Å². The molecule has 1 aromatic heterocycles. The van der Waals surface area contributed by atoms with Gasteiger partial charge in [0, 0.05) is 24.1 Å². The number of nitrogens with one attached hydrogen (secondary N) is 2. The molecule has 0 spiro atoms. The summed E-state index contributed by atoms with van der Waals surface area (Å²) in [5.41, 5.74) is 2.20. The highest BCUT2D eigenvalue weighted by Gasteiger charge is 2.11. The van der Waals surface area contributed by atoms with Gasteiger partial charge in [-0.05, 0) is 31.5 Å². The summed E-state index contributed by atoms with van der Waals surface area (Å²) in [6.45, 7) is 5.62. The SMILES string of the molecule is CCn1c(CNC2=NCCCN2)nc2cc(Br)ccc21.I. The molecule has 114 valence electrons. The van der Waals surface area contributed by atoms with E-state index in [0.717, 1.165) is 47.8 Å². The Kier molecular flexibility index (Phi) is 5.86. The Hall–Kier alpha value is -0.830. The second kappa shape index (κ2) is 7.44. The van der Waals surface area contributed by atoms with Crippen LogP contribution < -0.4 is 10.6 Å². The molecular weight excluding hydrogens is 445 g/mol. The van der Waals surface area contributed by atoms with Crippen molar-refractivity contribution in [3.05, 3.63) is 28.5 Å². The molecule has 1 aliphatic rings. The first-order chi connectivity index (χ1) is 9.78. The van der Waals surface area contributed by atoms with Crippen LogP contribution >= 0.6 is 39.9 Å². The summed E-state index contributed by atoms with van der Waals surface area (Å²) < 4.78 is 3.29. The maximum Gasteiger partial charge on any atom is 0.191 e. The average Bonchev–Trinajstić information content (AvgIpc) is 2.82. The van der Waals surface area contributed by atoms with E-state index >= 15 is 0 Å². The Morgan fingerprint density at radius 1 is 1.43 bits per heavy atom. The molecule has 2 aromatic rings. The van der Waals surface area contributed by atoms with E-state index in [4.69, 9.17) is 4.98 Å². The van der Waals surface area contributed by atoms with Crippen molar-refractivity contribution < 1.29 is 0 Å². The molecule has 2 heterocycles. The van der Waals surface area contributed by atoms with Crippen molar-refractivity contribution in [1.29, 1.82) is 0 Å². The lowest BCUT2D eigenvalue weighted by atomic mass is 10.3. The number of aliphatic imine (C=N–C) groups is 1. The maximum atomic E-state index is 4.72. The largest absolute Gasteiger partial charge is 0.356 e. The highest BCUT2D eigenvalue weighted by molar-refractivity contribution is 14.0. The number of aryl methyl sites for hydroxylation is 1. The maximum absolute atomic E-state index is 4.72. The number of benzene rings is 1. The van der Waals surface area contributed by atoms with Gasteiger partial charge in [-0.1, -0.05) is 15.9 Å². The van der Waals surface area contributed by atoms with Crippen molar-refractivity contribution in [2.24, 2.45) is 4.99 Å². The Balaban J connectivity index is 0.00000161. The molecule has 1 aromatic carbocycles. The molecule has 0 bridgehead atoms. The quantitative estimate of drug-likeness (QED) is 0.688. The number of hydrogen-bond acceptors (Lipinski definition) is 4. The fourth-order valence-corrected chi connectivity index (χ4v) is 2.80. The van der Waals surface area contributed by atoms with Crippen molar-refractivity contribution in [2.45, 2.75) is 26.4 Å². The van der Waals surface area contributed by atoms with Gasteiger partial charge in [-0.3, -0.25) is 4.99 Å². The molecule has 7 heteroatoms. The predicted molar refractivity (Wildman–Crippen MR) is 100 cm³/mol. The van der Waals surface area contributed by atoms with Gasteiger partial charge in [-0.15, -0.1) is 24.0 Å². The molecule has 5 nitrogen and oxygen atoms in total. The standard InChI is InChI=1S/C14H18BrN5.HI/c1-2-20-12-5-4-10(15)8-11(12)19-13(20)9-18-14-16-6-3-7-17-14;/h4-5,8H,2-3,6-7,9H2,1H3,(H2,16,17,18);1H. The molecule has 1 aliphatic heterocycles. The molecule has 0 unspecified atom stereocenters. The zero-order chi connectivity index (χ0) is 13.9. The van der Waals surface area contributed by atoms with E-state index in [0.29, 0.717) is 6.54 Å². The molecule has 0 atom stereocenters. The minimum absolute atomic E-state index is 0. The van der Waals surface area contributed by atoms with Crippen LogP contribution in [0.3, 0.4) is 0 Å². The summed E-state index contributed by atoms with van der Waals surface area (Å²) in [5.74, 6) is 1.92. The molecule has 0 radical (unpaired) electrons. The Morgan fingerprint density at radius 2 is 2.29 bits per heavy atom. The smallest absolute Gasteiger partial charge is 0.191 e. The molecule has 21 heavy (non-hydrogen) atoms. The molecule has 0 saturated heterocycles. The molecule has 0 amide bonds. The molecule has 0 aliphatic carbocycles. The zero-order valence-corrected chi connectivity index (χ0v) is 15.8. The fourth-order valence-electron chi connectivity index (χ4n) is 2.45. The van der Waals surface area contributed by atoms with Gasteiger partial charge in [0.1, 0.15) is 5.82 Å². The van der Waals surface area contributed by atoms with Crippen LogP contribution in [0, 0.1) is 0 Å². The van der Waals surface area contributed by atoms with Gasteiger partial charge in [0.15, 0.2) is 5.96 Å². The van der Waals surface area contributed by atoms with E-state index in [1.165, 1.54) is 5.52 Å². The van der Waals surface area contributed by atoms with Crippen LogP contribution in [-0.2, 0) is 13.1 Å². The number of aromatic nitrogens is 2. The van der Waals surface area contributed by atoms with Crippen LogP contribution in [0.4, 0.5) is 0 Å². The van der Waals surface area contributed by atoms with Crippen LogP contribution in [0.1, 0.15) is 19.2 Å². The predicted octanol–water partition coefficient (Wildman–Crippen LogP) is 2.88. The van der Waals surface area contributed by atoms with Crippen molar-refractivity contribution >= 4 is 56.9 Å². The monoisotopic (exact) mass is 463 g/mol. The van der Waals surface area contributed by atoms with Gasteiger partial charge >= 0.3 is 0 Å². The van der Waals surface area contributed by atoms with Gasteiger partial charge in [0.05, 0.1) is 17.6 Å². The van der Waals surface area contributed by atoms with Crippen LogP contribution in [0.25, 0.3) is 11.0 Å². The van der Waals surface area contributed by atoms with Gasteiger partial charge in [0.2, 0.25) is 0 Å². The molecule has 2 N–H and O–H groups in total. The van der Waals surface area contributed by atoms with Crippen molar-refractivity contribution in [3.8, 4) is 0 Å². The second-order valence-electron chi connectivity index (χ2n) is 4.77. The zero-order valence-electron chi connectivity index (χ0n) is 11.9. The summed E-state index contributed by atoms with van der Waals surface area (Å²) in [4.78, 5) is 9.13. The molecule has 0 saturated carbocycles. The summed E-state index contributed by atoms with van der Waals surface area (Å²) in [6.07, 6.45) is 1.10. The van der Waals surface area contributed by atoms with Crippen molar-refractivity contribution in [2.75, 3.05) is 13.1 Å². The fraction of sp³-hybridized carbons (Fsp3) is 0.429. The lowest BCUT2D eigenvalue weighted by Crippen LogP contribution is -2.40. The average molecular weight is 464 g/mol. The summed E-state index contributed by atoms with van der Waals surface area (Å²) in [6, 6.07) is 6.22. The number of fused-ring (bicyclic) bond motifs is 1. The lowest BCUT2D eigenvalue weighted by Gasteiger charge is -2.16. The molecule has 3 rings (SSSR count). The number of hydrogen-bond donors (Lipinski definition) is 2. The van der Waals surface area contributed by atoms with E-state index in [1.54, 1.807) is 0 Å². The number of imidazole rings is 1. The topological polar surface area (TPSA) is 54.2 Å². The third-order valence-corrected chi connectivity index (χ3v) is 3.91. The van der Waals surface area contributed by atoms with E-state index in [2.05, 4.69) is 61.2 Å². The Bertz CT molecular complexity index is 652. The van der Waals surface area contributed by atoms with E-state index in [-0.39, 0.29) is 24.0 Å². The highest BCUT2D eigenvalue weighted by Crippen LogP contribution is 2.20. The van der Waals surface area contributed by atoms with Gasteiger partial charge in [0.25, 0.3) is 0 Å². The van der Waals surface area contributed by atoms with Crippen LogP contribution in [0.15, 0.2) is 27.7 Å². The van der Waals surface area contributed by atoms with Crippen LogP contribution in [0.2, 0.25) is 0 Å². The second-order valence-corrected chi connectivity index (χ2v) is 5.69. The summed E-state index contributed by atoms with van der Waals surface area (Å²) in [7, 11) is 0. The summed E-state index contributed by atoms with van der Waals surface area (Å²) >= 11 is 3.50. The molecular formula is C14H19BrIN5. The van der Waals surface area contributed by atoms with Gasteiger partial charge in [-0.25, -0.2) is 4.98 Å². The van der Waals surface area contributed by atoms with Crippen molar-refractivity contribution in [1.82, 2.24) is 20.2 Å². The van der Waals surface area contributed by atoms with Gasteiger partial charge in [-0.2, -0.15) is 0 Å². The van der Waals surface area contributed by atoms with Crippen LogP contribution in [0.5, 0.6) is 0 Å². The van der Waals surface area contributed by atoms with Gasteiger partial charge < -0.3 is 15.2 Å². The minimum Gasteiger partial charge on any atom is -0.356 e. The number of nitrogens with zero attached hydrogens (tertiary/aromatic N) is 3.